The summed E-state index contributed by atoms with van der Waals surface area (Å²) in [6.07, 6.45) is 0. The van der Waals surface area contributed by atoms with Gasteiger partial charge in [0.15, 0.2) is 11.5 Å². The highest BCUT2D eigenvalue weighted by molar-refractivity contribution is 5.88. The molecular formula is C12H20ClNO5. The fraction of sp³-hybridized carbons (Fsp3) is 0.417. The van der Waals surface area contributed by atoms with Gasteiger partial charge in [-0.15, -0.1) is 0 Å². The van der Waals surface area contributed by atoms with E-state index in [0.717, 1.165) is 23.2 Å². The van der Waals surface area contributed by atoms with Crippen LogP contribution < -0.4 is 12.4 Å². The number of hydrogen-bond donors (Lipinski definition) is 4. The van der Waals surface area contributed by atoms with E-state index < -0.39 is 11.7 Å². The fourth-order valence-electron chi connectivity index (χ4n) is 0.956. The van der Waals surface area contributed by atoms with Crippen molar-refractivity contribution in [3.05, 3.63) is 23.8 Å². The van der Waals surface area contributed by atoms with E-state index in [4.69, 9.17) is 20.4 Å². The molecule has 1 aromatic carbocycles. The second kappa shape index (κ2) is 8.58. The van der Waals surface area contributed by atoms with Crippen molar-refractivity contribution in [2.75, 3.05) is 34.3 Å². The van der Waals surface area contributed by atoms with Gasteiger partial charge in [-0.25, -0.2) is 4.79 Å². The zero-order valence-corrected chi connectivity index (χ0v) is 11.9. The molecule has 4 N–H and O–H groups in total. The molecule has 0 aliphatic rings. The molecule has 0 saturated heterocycles. The molecule has 110 valence electrons. The summed E-state index contributed by atoms with van der Waals surface area (Å²) in [7, 11) is 6.16. The lowest BCUT2D eigenvalue weighted by Gasteiger charge is -2.21. The average Bonchev–Trinajstić information content (AvgIpc) is 2.21. The number of phenolic OH excluding ortho intramolecular Hbond substituents is 2. The van der Waals surface area contributed by atoms with Crippen molar-refractivity contribution in [1.29, 1.82) is 0 Å². The van der Waals surface area contributed by atoms with Gasteiger partial charge in [0.05, 0.1) is 33.3 Å². The minimum Gasteiger partial charge on any atom is -1.00 e. The maximum atomic E-state index is 10.3. The number of likely N-dealkylation sites (N-methyl/N-ethyl adjacent to an activating group) is 1. The van der Waals surface area contributed by atoms with Crippen molar-refractivity contribution >= 4 is 5.97 Å². The SMILES string of the molecule is C[N+](C)(C)CCO.O=C(O)c1ccc(O)c(O)c1.[Cl-]. The first kappa shape index (κ1) is 19.8. The van der Waals surface area contributed by atoms with Gasteiger partial charge in [-0.1, -0.05) is 0 Å². The number of nitrogens with zero attached hydrogens (tertiary/aromatic N) is 1. The quantitative estimate of drug-likeness (QED) is 0.364. The van der Waals surface area contributed by atoms with Crippen molar-refractivity contribution in [3.63, 3.8) is 0 Å². The van der Waals surface area contributed by atoms with Crippen LogP contribution >= 0.6 is 0 Å². The molecule has 0 atom stereocenters. The second-order valence-electron chi connectivity index (χ2n) is 4.75. The number of benzene rings is 1. The standard InChI is InChI=1S/C7H6O4.C5H14NO.ClH/c8-5-2-1-4(7(10)11)3-6(5)9;1-6(2,3)4-5-7;/h1-3,8-9H,(H,10,11);7H,4-5H2,1-3H3;1H/q;+1;/p-1. The number of aliphatic hydroxyl groups is 1. The summed E-state index contributed by atoms with van der Waals surface area (Å²) >= 11 is 0. The number of aliphatic hydroxyl groups excluding tert-OH is 1. The molecule has 0 saturated carbocycles. The van der Waals surface area contributed by atoms with Gasteiger partial charge in [-0.3, -0.25) is 0 Å². The summed E-state index contributed by atoms with van der Waals surface area (Å²) in [6.45, 7) is 1.11. The van der Waals surface area contributed by atoms with Gasteiger partial charge in [0.25, 0.3) is 0 Å². The smallest absolute Gasteiger partial charge is 0.335 e. The van der Waals surface area contributed by atoms with Gasteiger partial charge in [0, 0.05) is 0 Å². The fourth-order valence-corrected chi connectivity index (χ4v) is 0.956. The molecule has 0 spiro atoms. The minimum atomic E-state index is -1.14. The number of hydrogen-bond acceptors (Lipinski definition) is 4. The van der Waals surface area contributed by atoms with Crippen molar-refractivity contribution in [2.45, 2.75) is 0 Å². The molecule has 0 aliphatic heterocycles. The topological polar surface area (TPSA) is 98.0 Å². The number of quaternary nitrogens is 1. The van der Waals surface area contributed by atoms with Gasteiger partial charge in [-0.05, 0) is 18.2 Å². The molecule has 1 aromatic rings. The Morgan fingerprint density at radius 3 is 1.95 bits per heavy atom. The Morgan fingerprint density at radius 2 is 1.68 bits per heavy atom. The van der Waals surface area contributed by atoms with Gasteiger partial charge >= 0.3 is 5.97 Å². The molecule has 7 heteroatoms. The first-order valence-corrected chi connectivity index (χ1v) is 5.34. The maximum Gasteiger partial charge on any atom is 0.335 e. The van der Waals surface area contributed by atoms with Crippen molar-refractivity contribution < 1.29 is 42.1 Å². The monoisotopic (exact) mass is 293 g/mol. The number of rotatable bonds is 3. The van der Waals surface area contributed by atoms with E-state index in [9.17, 15) is 4.79 Å². The highest BCUT2D eigenvalue weighted by Gasteiger charge is 2.05. The lowest BCUT2D eigenvalue weighted by molar-refractivity contribution is -0.870. The van der Waals surface area contributed by atoms with E-state index >= 15 is 0 Å². The highest BCUT2D eigenvalue weighted by Crippen LogP contribution is 2.24. The van der Waals surface area contributed by atoms with E-state index in [2.05, 4.69) is 21.1 Å². The Labute approximate surface area is 118 Å². The predicted octanol–water partition coefficient (Wildman–Crippen LogP) is -2.52. The molecule has 0 aromatic heterocycles. The van der Waals surface area contributed by atoms with Crippen LogP contribution in [0.25, 0.3) is 0 Å². The number of carbonyl (C=O) groups is 1. The summed E-state index contributed by atoms with van der Waals surface area (Å²) in [5.74, 6) is -1.89. The van der Waals surface area contributed by atoms with Crippen molar-refractivity contribution in [3.8, 4) is 11.5 Å². The molecule has 0 heterocycles. The van der Waals surface area contributed by atoms with Crippen LogP contribution in [-0.2, 0) is 0 Å². The number of carboxylic acids is 1. The largest absolute Gasteiger partial charge is 1.00 e. The number of aromatic carboxylic acids is 1. The molecule has 1 rings (SSSR count). The number of aromatic hydroxyl groups is 2. The lowest BCUT2D eigenvalue weighted by atomic mass is 10.2. The van der Waals surface area contributed by atoms with E-state index in [1.807, 2.05) is 0 Å². The molecule has 19 heavy (non-hydrogen) atoms. The first-order valence-electron chi connectivity index (χ1n) is 5.34. The number of carboxylic acid groups (broad SMARTS) is 1. The molecule has 0 aliphatic carbocycles. The summed E-state index contributed by atoms with van der Waals surface area (Å²) < 4.78 is 0.844. The summed E-state index contributed by atoms with van der Waals surface area (Å²) in [5, 5.41) is 34.4. The third kappa shape index (κ3) is 9.12. The van der Waals surface area contributed by atoms with Crippen LogP contribution in [0.4, 0.5) is 0 Å². The summed E-state index contributed by atoms with van der Waals surface area (Å²) in [5.41, 5.74) is -0.0553. The Kier molecular flexibility index (Phi) is 8.95. The van der Waals surface area contributed by atoms with E-state index in [1.54, 1.807) is 0 Å². The van der Waals surface area contributed by atoms with Gasteiger partial charge in [0.2, 0.25) is 0 Å². The molecular weight excluding hydrogens is 274 g/mol. The number of phenols is 2. The Hall–Kier alpha value is -1.50. The molecule has 0 unspecified atom stereocenters. The van der Waals surface area contributed by atoms with Crippen LogP contribution in [-0.4, -0.2) is 65.2 Å². The van der Waals surface area contributed by atoms with Crippen molar-refractivity contribution in [1.82, 2.24) is 0 Å². The molecule has 0 bridgehead atoms. The lowest BCUT2D eigenvalue weighted by Crippen LogP contribution is -3.00. The normalized spacial score (nSPS) is 9.89. The van der Waals surface area contributed by atoms with Crippen LogP contribution in [0, 0.1) is 0 Å². The highest BCUT2D eigenvalue weighted by atomic mass is 35.5. The van der Waals surface area contributed by atoms with Gasteiger partial charge in [0.1, 0.15) is 6.54 Å². The van der Waals surface area contributed by atoms with E-state index in [-0.39, 0.29) is 30.3 Å². The zero-order valence-electron chi connectivity index (χ0n) is 11.2. The van der Waals surface area contributed by atoms with E-state index in [1.165, 1.54) is 6.07 Å². The predicted molar refractivity (Wildman–Crippen MR) is 66.7 cm³/mol. The Balaban J connectivity index is 0. The third-order valence-electron chi connectivity index (χ3n) is 1.99. The Bertz CT molecular complexity index is 404. The maximum absolute atomic E-state index is 10.3. The number of halogens is 1. The Morgan fingerprint density at radius 1 is 1.16 bits per heavy atom. The van der Waals surface area contributed by atoms with Crippen LogP contribution in [0.2, 0.25) is 0 Å². The third-order valence-corrected chi connectivity index (χ3v) is 1.99. The van der Waals surface area contributed by atoms with Crippen LogP contribution in [0.15, 0.2) is 18.2 Å². The van der Waals surface area contributed by atoms with Crippen molar-refractivity contribution in [2.24, 2.45) is 0 Å². The molecule has 0 amide bonds. The van der Waals surface area contributed by atoms with Gasteiger partial charge in [-0.2, -0.15) is 0 Å². The van der Waals surface area contributed by atoms with Crippen LogP contribution in [0.5, 0.6) is 11.5 Å². The summed E-state index contributed by atoms with van der Waals surface area (Å²) in [4.78, 5) is 10.3. The van der Waals surface area contributed by atoms with Crippen LogP contribution in [0.1, 0.15) is 10.4 Å². The van der Waals surface area contributed by atoms with Gasteiger partial charge < -0.3 is 37.3 Å². The van der Waals surface area contributed by atoms with Crippen LogP contribution in [0.3, 0.4) is 0 Å². The molecule has 0 fully saturated rings. The second-order valence-corrected chi connectivity index (χ2v) is 4.75. The molecule has 6 nitrogen and oxygen atoms in total. The zero-order chi connectivity index (χ0) is 14.3. The summed E-state index contributed by atoms with van der Waals surface area (Å²) in [6, 6.07) is 3.31. The molecule has 0 radical (unpaired) electrons. The van der Waals surface area contributed by atoms with E-state index in [0.29, 0.717) is 0 Å². The average molecular weight is 294 g/mol. The first-order chi connectivity index (χ1) is 8.17. The minimum absolute atomic E-state index is 0.